The highest BCUT2D eigenvalue weighted by atomic mass is 79.9. The summed E-state index contributed by atoms with van der Waals surface area (Å²) in [5, 5.41) is 2.33. The molecule has 1 aromatic rings. The Labute approximate surface area is 93.2 Å². The molecule has 62 valence electrons. The van der Waals surface area contributed by atoms with E-state index in [0.29, 0.717) is 6.54 Å². The number of hydrogen-bond donors (Lipinski definition) is 0. The molecule has 0 fully saturated rings. The molecule has 0 amide bonds. The number of benzene rings is 1. The van der Waals surface area contributed by atoms with Gasteiger partial charge in [0.15, 0.2) is 0 Å². The molecule has 1 nitrogen and oxygen atoms in total. The Hall–Kier alpha value is -0.0200. The highest BCUT2D eigenvalue weighted by molar-refractivity contribution is 9.13. The molecular formula is C8H5Br2NS. The molecule has 0 aliphatic heterocycles. The van der Waals surface area contributed by atoms with Crippen LogP contribution in [0.4, 0.5) is 0 Å². The fourth-order valence-electron chi connectivity index (χ4n) is 0.762. The van der Waals surface area contributed by atoms with E-state index in [2.05, 4.69) is 54.2 Å². The lowest BCUT2D eigenvalue weighted by Crippen LogP contribution is -1.80. The maximum Gasteiger partial charge on any atom is 0.0743 e. The second-order valence-corrected chi connectivity index (χ2v) is 4.05. The van der Waals surface area contributed by atoms with Crippen molar-refractivity contribution in [2.45, 2.75) is 6.54 Å². The third kappa shape index (κ3) is 2.79. The van der Waals surface area contributed by atoms with E-state index < -0.39 is 0 Å². The smallest absolute Gasteiger partial charge is 0.0743 e. The summed E-state index contributed by atoms with van der Waals surface area (Å²) in [6.45, 7) is 0.593. The summed E-state index contributed by atoms with van der Waals surface area (Å²) in [5.74, 6) is 0. The molecule has 0 aromatic heterocycles. The first-order valence-electron chi connectivity index (χ1n) is 3.21. The highest BCUT2D eigenvalue weighted by Crippen LogP contribution is 2.23. The van der Waals surface area contributed by atoms with E-state index in [4.69, 9.17) is 0 Å². The summed E-state index contributed by atoms with van der Waals surface area (Å²) in [6.07, 6.45) is 0. The van der Waals surface area contributed by atoms with Gasteiger partial charge in [0, 0.05) is 8.95 Å². The number of isothiocyanates is 1. The molecular weight excluding hydrogens is 302 g/mol. The molecule has 0 atom stereocenters. The molecule has 0 unspecified atom stereocenters. The molecule has 12 heavy (non-hydrogen) atoms. The molecule has 0 spiro atoms. The summed E-state index contributed by atoms with van der Waals surface area (Å²) in [5.41, 5.74) is 1.11. The fraction of sp³-hybridized carbons (Fsp3) is 0.125. The Balaban J connectivity index is 2.89. The lowest BCUT2D eigenvalue weighted by molar-refractivity contribution is 1.08. The second kappa shape index (κ2) is 4.87. The lowest BCUT2D eigenvalue weighted by Gasteiger charge is -1.98. The zero-order chi connectivity index (χ0) is 8.97. The third-order valence-electron chi connectivity index (χ3n) is 1.31. The molecule has 1 rings (SSSR count). The van der Waals surface area contributed by atoms with Crippen LogP contribution in [-0.4, -0.2) is 5.16 Å². The fourth-order valence-corrected chi connectivity index (χ4v) is 1.50. The van der Waals surface area contributed by atoms with Crippen molar-refractivity contribution in [3.05, 3.63) is 32.7 Å². The van der Waals surface area contributed by atoms with Crippen molar-refractivity contribution in [3.8, 4) is 0 Å². The Bertz CT molecular complexity index is 332. The van der Waals surface area contributed by atoms with E-state index in [1.165, 1.54) is 0 Å². The van der Waals surface area contributed by atoms with Crippen LogP contribution in [0.15, 0.2) is 32.1 Å². The summed E-state index contributed by atoms with van der Waals surface area (Å²) in [7, 11) is 0. The Morgan fingerprint density at radius 2 is 2.08 bits per heavy atom. The van der Waals surface area contributed by atoms with Crippen LogP contribution in [0.2, 0.25) is 0 Å². The number of rotatable bonds is 2. The van der Waals surface area contributed by atoms with Crippen molar-refractivity contribution in [2.24, 2.45) is 4.99 Å². The van der Waals surface area contributed by atoms with Gasteiger partial charge in [0.2, 0.25) is 0 Å². The van der Waals surface area contributed by atoms with Crippen LogP contribution in [-0.2, 0) is 6.54 Å². The zero-order valence-electron chi connectivity index (χ0n) is 6.05. The number of halogens is 2. The van der Waals surface area contributed by atoms with Crippen molar-refractivity contribution in [1.82, 2.24) is 0 Å². The molecule has 0 aliphatic carbocycles. The number of nitrogens with zero attached hydrogens (tertiary/aromatic N) is 1. The summed E-state index contributed by atoms with van der Waals surface area (Å²) in [4.78, 5) is 3.84. The van der Waals surface area contributed by atoms with E-state index in [0.717, 1.165) is 14.5 Å². The van der Waals surface area contributed by atoms with Gasteiger partial charge in [-0.25, -0.2) is 4.99 Å². The van der Waals surface area contributed by atoms with E-state index in [9.17, 15) is 0 Å². The van der Waals surface area contributed by atoms with Crippen molar-refractivity contribution < 1.29 is 0 Å². The monoisotopic (exact) mass is 305 g/mol. The summed E-state index contributed by atoms with van der Waals surface area (Å²) >= 11 is 11.3. The van der Waals surface area contributed by atoms with Crippen molar-refractivity contribution in [2.75, 3.05) is 0 Å². The first-order chi connectivity index (χ1) is 5.74. The van der Waals surface area contributed by atoms with E-state index >= 15 is 0 Å². The largest absolute Gasteiger partial charge is 0.228 e. The van der Waals surface area contributed by atoms with Gasteiger partial charge < -0.3 is 0 Å². The van der Waals surface area contributed by atoms with Gasteiger partial charge in [-0.15, -0.1) is 0 Å². The Kier molecular flexibility index (Phi) is 4.09. The molecule has 0 N–H and O–H groups in total. The topological polar surface area (TPSA) is 12.4 Å². The van der Waals surface area contributed by atoms with Gasteiger partial charge in [0.25, 0.3) is 0 Å². The lowest BCUT2D eigenvalue weighted by atomic mass is 10.2. The molecule has 0 saturated carbocycles. The molecule has 0 saturated heterocycles. The third-order valence-corrected chi connectivity index (χ3v) is 3.32. The van der Waals surface area contributed by atoms with Crippen molar-refractivity contribution >= 4 is 49.2 Å². The van der Waals surface area contributed by atoms with Crippen LogP contribution in [0.25, 0.3) is 0 Å². The number of hydrogen-bond acceptors (Lipinski definition) is 2. The second-order valence-electron chi connectivity index (χ2n) is 2.16. The van der Waals surface area contributed by atoms with Gasteiger partial charge in [-0.3, -0.25) is 0 Å². The normalized spacial score (nSPS) is 9.17. The average Bonchev–Trinajstić information content (AvgIpc) is 2.07. The molecule has 4 heteroatoms. The van der Waals surface area contributed by atoms with Crippen LogP contribution in [0.3, 0.4) is 0 Å². The van der Waals surface area contributed by atoms with E-state index in [-0.39, 0.29) is 0 Å². The van der Waals surface area contributed by atoms with Gasteiger partial charge in [0.05, 0.1) is 11.7 Å². The van der Waals surface area contributed by atoms with Crippen LogP contribution in [0.5, 0.6) is 0 Å². The quantitative estimate of drug-likeness (QED) is 0.598. The van der Waals surface area contributed by atoms with Gasteiger partial charge in [0.1, 0.15) is 0 Å². The minimum absolute atomic E-state index is 0.593. The molecule has 0 radical (unpaired) electrons. The highest BCUT2D eigenvalue weighted by Gasteiger charge is 1.96. The predicted molar refractivity (Wildman–Crippen MR) is 60.6 cm³/mol. The van der Waals surface area contributed by atoms with E-state index in [1.54, 1.807) is 0 Å². The standard InChI is InChI=1S/C8H5Br2NS/c9-7-2-1-6(3-8(7)10)4-11-5-12/h1-3H,4H2. The average molecular weight is 307 g/mol. The molecule has 0 heterocycles. The van der Waals surface area contributed by atoms with Crippen LogP contribution < -0.4 is 0 Å². The van der Waals surface area contributed by atoms with Gasteiger partial charge in [-0.1, -0.05) is 6.07 Å². The van der Waals surface area contributed by atoms with Crippen LogP contribution in [0.1, 0.15) is 5.56 Å². The Morgan fingerprint density at radius 1 is 1.33 bits per heavy atom. The summed E-state index contributed by atoms with van der Waals surface area (Å²) in [6, 6.07) is 5.96. The van der Waals surface area contributed by atoms with Crippen molar-refractivity contribution in [3.63, 3.8) is 0 Å². The maximum atomic E-state index is 4.47. The van der Waals surface area contributed by atoms with E-state index in [1.807, 2.05) is 18.2 Å². The summed E-state index contributed by atoms with van der Waals surface area (Å²) < 4.78 is 2.07. The molecule has 1 aromatic carbocycles. The number of aliphatic imine (C=N–C) groups is 1. The van der Waals surface area contributed by atoms with Crippen LogP contribution in [0, 0.1) is 0 Å². The molecule has 0 aliphatic rings. The van der Waals surface area contributed by atoms with Gasteiger partial charge in [-0.2, -0.15) is 0 Å². The zero-order valence-corrected chi connectivity index (χ0v) is 10.0. The van der Waals surface area contributed by atoms with Crippen molar-refractivity contribution in [1.29, 1.82) is 0 Å². The predicted octanol–water partition coefficient (Wildman–Crippen LogP) is 3.81. The first-order valence-corrected chi connectivity index (χ1v) is 5.21. The maximum absolute atomic E-state index is 4.47. The first kappa shape index (κ1) is 10.1. The molecule has 0 bridgehead atoms. The minimum atomic E-state index is 0.593. The van der Waals surface area contributed by atoms with Gasteiger partial charge in [-0.05, 0) is 61.8 Å². The van der Waals surface area contributed by atoms with Crippen LogP contribution >= 0.6 is 44.1 Å². The SMILES string of the molecule is S=C=NCc1ccc(Br)c(Br)c1. The number of thiocarbonyl (C=S) groups is 1. The Morgan fingerprint density at radius 3 is 2.67 bits per heavy atom. The minimum Gasteiger partial charge on any atom is -0.228 e. The van der Waals surface area contributed by atoms with Gasteiger partial charge >= 0.3 is 0 Å².